The van der Waals surface area contributed by atoms with E-state index in [4.69, 9.17) is 11.3 Å². The quantitative estimate of drug-likeness (QED) is 0.231. The van der Waals surface area contributed by atoms with Gasteiger partial charge in [0.1, 0.15) is 0 Å². The average molecular weight is 158 g/mol. The van der Waals surface area contributed by atoms with Crippen LogP contribution >= 0.6 is 12.2 Å². The number of hydrogen-bond donors (Lipinski definition) is 2. The molecule has 0 amide bonds. The molecule has 0 aliphatic carbocycles. The highest BCUT2D eigenvalue weighted by atomic mass is 32.1. The first-order valence-corrected chi connectivity index (χ1v) is 2.81. The summed E-state index contributed by atoms with van der Waals surface area (Å²) in [7, 11) is 0. The van der Waals surface area contributed by atoms with Crippen molar-refractivity contribution in [2.24, 2.45) is 5.73 Å². The van der Waals surface area contributed by atoms with Crippen LogP contribution in [0.1, 0.15) is 0 Å². The highest BCUT2D eigenvalue weighted by molar-refractivity contribution is 7.80. The fourth-order valence-electron chi connectivity index (χ4n) is 0.284. The number of nitrogens with one attached hydrogen (secondary N) is 1. The van der Waals surface area contributed by atoms with Crippen LogP contribution in [0, 0.1) is 0 Å². The van der Waals surface area contributed by atoms with E-state index in [2.05, 4.69) is 22.3 Å². The zero-order valence-corrected chi connectivity index (χ0v) is 5.89. The molecule has 0 aromatic rings. The van der Waals surface area contributed by atoms with Gasteiger partial charge in [0.15, 0.2) is 5.11 Å². The number of Topliss-reactive ketones (excluding diaryl/α,β-unsaturated/α-hetero) is 1. The van der Waals surface area contributed by atoms with Crippen LogP contribution < -0.4 is 11.1 Å². The van der Waals surface area contributed by atoms with Crippen LogP contribution in [-0.2, 0) is 4.79 Å². The molecule has 0 aliphatic rings. The van der Waals surface area contributed by atoms with Crippen molar-refractivity contribution in [2.45, 2.75) is 0 Å². The molecule has 54 valence electrons. The number of hydrogen-bond acceptors (Lipinski definition) is 2. The maximum atomic E-state index is 10.5. The molecule has 10 heavy (non-hydrogen) atoms. The number of rotatable bonds is 3. The Morgan fingerprint density at radius 2 is 2.50 bits per heavy atom. The summed E-state index contributed by atoms with van der Waals surface area (Å²) in [6, 6.07) is 0. The van der Waals surface area contributed by atoms with Gasteiger partial charge in [0.25, 0.3) is 5.78 Å². The van der Waals surface area contributed by atoms with Crippen molar-refractivity contribution in [2.75, 3.05) is 6.54 Å². The van der Waals surface area contributed by atoms with Crippen molar-refractivity contribution in [1.82, 2.24) is 5.32 Å². The lowest BCUT2D eigenvalue weighted by Gasteiger charge is -1.94. The Hall–Kier alpha value is -1.26. The second-order valence-corrected chi connectivity index (χ2v) is 1.87. The number of nitrogens with zero attached hydrogens (tertiary/aromatic N) is 2. The van der Waals surface area contributed by atoms with E-state index in [0.717, 1.165) is 6.21 Å². The third kappa shape index (κ3) is 4.89. The minimum absolute atomic E-state index is 0.0414. The SMILES string of the molecule is [N-]=[N+]=CC(=O)CNC(N)=S. The number of thiocarbonyl (C=S) groups is 1. The Morgan fingerprint density at radius 3 is 2.90 bits per heavy atom. The van der Waals surface area contributed by atoms with Gasteiger partial charge in [-0.25, -0.2) is 0 Å². The molecule has 0 aromatic heterocycles. The molecule has 0 rings (SSSR count). The van der Waals surface area contributed by atoms with Gasteiger partial charge in [-0.05, 0) is 12.2 Å². The van der Waals surface area contributed by atoms with Crippen LogP contribution in [0.3, 0.4) is 0 Å². The maximum Gasteiger partial charge on any atom is 0.325 e. The number of carbonyl (C=O) groups is 1. The van der Waals surface area contributed by atoms with Crippen molar-refractivity contribution in [3.05, 3.63) is 5.53 Å². The van der Waals surface area contributed by atoms with Crippen LogP contribution in [0.5, 0.6) is 0 Å². The topological polar surface area (TPSA) is 91.5 Å². The summed E-state index contributed by atoms with van der Waals surface area (Å²) >= 11 is 4.41. The minimum Gasteiger partial charge on any atom is -0.376 e. The molecule has 0 fully saturated rings. The summed E-state index contributed by atoms with van der Waals surface area (Å²) in [4.78, 5) is 13.0. The minimum atomic E-state index is -0.393. The third-order valence-electron chi connectivity index (χ3n) is 0.639. The smallest absolute Gasteiger partial charge is 0.325 e. The Balaban J connectivity index is 3.60. The molecule has 6 heteroatoms. The van der Waals surface area contributed by atoms with E-state index < -0.39 is 5.78 Å². The third-order valence-corrected chi connectivity index (χ3v) is 0.783. The Morgan fingerprint density at radius 1 is 1.90 bits per heavy atom. The van der Waals surface area contributed by atoms with Gasteiger partial charge >= 0.3 is 6.21 Å². The van der Waals surface area contributed by atoms with Crippen molar-refractivity contribution >= 4 is 29.3 Å². The summed E-state index contributed by atoms with van der Waals surface area (Å²) in [5, 5.41) is 2.43. The molecule has 0 heterocycles. The standard InChI is InChI=1S/C4H6N4OS/c5-4(10)7-1-3(9)2-8-6/h2H,1H2,(H3,5,7,10). The van der Waals surface area contributed by atoms with E-state index in [-0.39, 0.29) is 11.7 Å². The Bertz CT molecular complexity index is 195. The molecule has 3 N–H and O–H groups in total. The predicted molar refractivity (Wildman–Crippen MR) is 39.5 cm³/mol. The van der Waals surface area contributed by atoms with Gasteiger partial charge < -0.3 is 16.6 Å². The molecule has 0 radical (unpaired) electrons. The summed E-state index contributed by atoms with van der Waals surface area (Å²) < 4.78 is 0. The first-order chi connectivity index (χ1) is 4.66. The molecule has 0 saturated heterocycles. The van der Waals surface area contributed by atoms with Gasteiger partial charge in [0.2, 0.25) is 0 Å². The molecule has 5 nitrogen and oxygen atoms in total. The molecule has 0 unspecified atom stereocenters. The number of nitrogens with two attached hydrogens (primary N) is 1. The van der Waals surface area contributed by atoms with Crippen LogP contribution in [0.4, 0.5) is 0 Å². The normalized spacial score (nSPS) is 7.60. The number of ketones is 1. The molecular weight excluding hydrogens is 152 g/mol. The molecule has 0 atom stereocenters. The summed E-state index contributed by atoms with van der Waals surface area (Å²) in [5.74, 6) is -0.393. The first-order valence-electron chi connectivity index (χ1n) is 2.40. The molecule has 0 bridgehead atoms. The lowest BCUT2D eigenvalue weighted by molar-refractivity contribution is -0.115. The summed E-state index contributed by atoms with van der Waals surface area (Å²) in [6.45, 7) is -0.0423. The van der Waals surface area contributed by atoms with Gasteiger partial charge in [-0.15, -0.1) is 0 Å². The molecule has 0 aromatic carbocycles. The molecule has 0 aliphatic heterocycles. The van der Waals surface area contributed by atoms with E-state index in [1.807, 2.05) is 0 Å². The van der Waals surface area contributed by atoms with Gasteiger partial charge in [0.05, 0.1) is 6.54 Å². The molecule has 0 spiro atoms. The highest BCUT2D eigenvalue weighted by Gasteiger charge is 2.00. The summed E-state index contributed by atoms with van der Waals surface area (Å²) in [5.41, 5.74) is 12.9. The van der Waals surface area contributed by atoms with Gasteiger partial charge in [-0.2, -0.15) is 4.79 Å². The lowest BCUT2D eigenvalue weighted by Crippen LogP contribution is -2.34. The van der Waals surface area contributed by atoms with Crippen LogP contribution in [0.2, 0.25) is 0 Å². The van der Waals surface area contributed by atoms with E-state index in [1.54, 1.807) is 0 Å². The van der Waals surface area contributed by atoms with Crippen molar-refractivity contribution in [3.63, 3.8) is 0 Å². The fraction of sp³-hybridized carbons (Fsp3) is 0.250. The average Bonchev–Trinajstić information content (AvgIpc) is 1.85. The Kier molecular flexibility index (Phi) is 4.02. The van der Waals surface area contributed by atoms with E-state index in [1.165, 1.54) is 0 Å². The largest absolute Gasteiger partial charge is 0.376 e. The Labute approximate surface area is 62.8 Å². The van der Waals surface area contributed by atoms with E-state index in [0.29, 0.717) is 0 Å². The zero-order chi connectivity index (χ0) is 7.98. The monoisotopic (exact) mass is 158 g/mol. The fourth-order valence-corrected chi connectivity index (χ4v) is 0.356. The van der Waals surface area contributed by atoms with Crippen LogP contribution in [0.15, 0.2) is 0 Å². The van der Waals surface area contributed by atoms with E-state index >= 15 is 0 Å². The number of carbonyl (C=O) groups excluding carboxylic acids is 1. The second kappa shape index (κ2) is 4.60. The predicted octanol–water partition coefficient (Wildman–Crippen LogP) is -1.31. The maximum absolute atomic E-state index is 10.5. The first kappa shape index (κ1) is 8.74. The molecular formula is C4H6N4OS. The van der Waals surface area contributed by atoms with Crippen molar-refractivity contribution in [1.29, 1.82) is 0 Å². The van der Waals surface area contributed by atoms with Crippen molar-refractivity contribution < 1.29 is 9.58 Å². The summed E-state index contributed by atoms with van der Waals surface area (Å²) in [6.07, 6.45) is 0.769. The van der Waals surface area contributed by atoms with Gasteiger partial charge in [-0.3, -0.25) is 4.79 Å². The van der Waals surface area contributed by atoms with Gasteiger partial charge in [-0.1, -0.05) is 0 Å². The van der Waals surface area contributed by atoms with Crippen LogP contribution in [-0.4, -0.2) is 28.4 Å². The zero-order valence-electron chi connectivity index (χ0n) is 5.07. The van der Waals surface area contributed by atoms with Crippen molar-refractivity contribution in [3.8, 4) is 0 Å². The highest BCUT2D eigenvalue weighted by Crippen LogP contribution is 1.61. The van der Waals surface area contributed by atoms with Gasteiger partial charge in [0, 0.05) is 0 Å². The molecule has 0 saturated carbocycles. The van der Waals surface area contributed by atoms with Crippen LogP contribution in [0.25, 0.3) is 5.53 Å². The van der Waals surface area contributed by atoms with E-state index in [9.17, 15) is 4.79 Å². The lowest BCUT2D eigenvalue weighted by atomic mass is 10.4. The second-order valence-electron chi connectivity index (χ2n) is 1.43.